The van der Waals surface area contributed by atoms with Crippen LogP contribution in [-0.4, -0.2) is 26.8 Å². The normalized spacial score (nSPS) is 25.3. The van der Waals surface area contributed by atoms with E-state index in [1.165, 1.54) is 6.42 Å². The Balaban J connectivity index is 1.58. The van der Waals surface area contributed by atoms with Gasteiger partial charge < -0.3 is 20.2 Å². The summed E-state index contributed by atoms with van der Waals surface area (Å²) in [7, 11) is 0. The average Bonchev–Trinajstić information content (AvgIpc) is 3.22. The van der Waals surface area contributed by atoms with Crippen molar-refractivity contribution in [2.75, 3.05) is 5.73 Å². The summed E-state index contributed by atoms with van der Waals surface area (Å²) >= 11 is 0. The number of H-pyrrole nitrogens is 1. The first-order valence-electron chi connectivity index (χ1n) is 8.14. The number of ether oxygens (including phenoxy) is 2. The highest BCUT2D eigenvalue weighted by molar-refractivity contribution is 5.88. The number of nitrogen functional groups attached to an aromatic ring is 1. The van der Waals surface area contributed by atoms with Crippen LogP contribution >= 0.6 is 0 Å². The van der Waals surface area contributed by atoms with Gasteiger partial charge in [0.05, 0.1) is 11.0 Å². The van der Waals surface area contributed by atoms with Gasteiger partial charge in [-0.1, -0.05) is 6.42 Å². The molecule has 6 nitrogen and oxygen atoms in total. The first-order valence-corrected chi connectivity index (χ1v) is 8.14. The zero-order valence-corrected chi connectivity index (χ0v) is 12.7. The third kappa shape index (κ3) is 1.91. The summed E-state index contributed by atoms with van der Waals surface area (Å²) in [5, 5.41) is 0.838. The molecule has 3 N–H and O–H groups in total. The van der Waals surface area contributed by atoms with Crippen LogP contribution in [0.4, 0.5) is 5.82 Å². The molecule has 3 heterocycles. The van der Waals surface area contributed by atoms with Crippen molar-refractivity contribution in [2.45, 2.75) is 44.0 Å². The third-order valence-electron chi connectivity index (χ3n) is 4.90. The van der Waals surface area contributed by atoms with E-state index in [2.05, 4.69) is 15.0 Å². The van der Waals surface area contributed by atoms with E-state index in [-0.39, 0.29) is 6.10 Å². The summed E-state index contributed by atoms with van der Waals surface area (Å²) in [6, 6.07) is 1.88. The van der Waals surface area contributed by atoms with Crippen LogP contribution in [0.15, 0.2) is 30.2 Å². The number of nitrogens with two attached hydrogens (primary N) is 1. The molecule has 1 saturated heterocycles. The third-order valence-corrected chi connectivity index (χ3v) is 4.90. The van der Waals surface area contributed by atoms with Crippen LogP contribution < -0.4 is 5.73 Å². The van der Waals surface area contributed by atoms with Gasteiger partial charge in [-0.25, -0.2) is 9.97 Å². The number of allylic oxidation sites excluding steroid dienone is 2. The molecule has 1 spiro atoms. The molecule has 118 valence electrons. The van der Waals surface area contributed by atoms with Crippen LogP contribution in [0.5, 0.6) is 0 Å². The van der Waals surface area contributed by atoms with Gasteiger partial charge in [0.25, 0.3) is 0 Å². The Bertz CT molecular complexity index is 845. The number of rotatable bonds is 1. The topological polar surface area (TPSA) is 86.1 Å². The Hall–Kier alpha value is -2.34. The summed E-state index contributed by atoms with van der Waals surface area (Å²) in [5.41, 5.74) is 7.67. The number of nitrogens with one attached hydrogen (secondary N) is 1. The zero-order chi connectivity index (χ0) is 15.4. The summed E-state index contributed by atoms with van der Waals surface area (Å²) in [6.07, 6.45) is 11.1. The van der Waals surface area contributed by atoms with Gasteiger partial charge in [-0.3, -0.25) is 0 Å². The number of hydrogen-bond donors (Lipinski definition) is 2. The molecule has 2 aromatic heterocycles. The number of anilines is 1. The molecular weight excluding hydrogens is 292 g/mol. The molecule has 0 bridgehead atoms. The minimum atomic E-state index is -0.448. The molecule has 5 rings (SSSR count). The van der Waals surface area contributed by atoms with Crippen LogP contribution in [0.3, 0.4) is 0 Å². The molecule has 1 saturated carbocycles. The fourth-order valence-corrected chi connectivity index (χ4v) is 3.75. The fraction of sp³-hybridized carbons (Fsp3) is 0.412. The second kappa shape index (κ2) is 4.58. The zero-order valence-electron chi connectivity index (χ0n) is 12.7. The number of aromatic amines is 1. The standard InChI is InChI=1S/C17H18N4O2/c18-14-11-6-9-19-15(11)21-16(20-14)10-4-5-12-13(10)23-17(22-12)7-2-1-3-8-17/h4-6,9,12H,1-3,7-8H2,(H3,18,19,20,21). The summed E-state index contributed by atoms with van der Waals surface area (Å²) in [5.74, 6) is 1.44. The minimum absolute atomic E-state index is 0.118. The van der Waals surface area contributed by atoms with E-state index in [0.717, 1.165) is 48.0 Å². The molecule has 23 heavy (non-hydrogen) atoms. The smallest absolute Gasteiger partial charge is 0.211 e. The van der Waals surface area contributed by atoms with Crippen LogP contribution in [0, 0.1) is 0 Å². The van der Waals surface area contributed by atoms with Gasteiger partial charge in [0.2, 0.25) is 5.79 Å². The molecule has 1 atom stereocenters. The molecule has 3 aliphatic rings. The predicted octanol–water partition coefficient (Wildman–Crippen LogP) is 2.90. The quantitative estimate of drug-likeness (QED) is 0.846. The van der Waals surface area contributed by atoms with E-state index in [1.807, 2.05) is 24.4 Å². The molecule has 0 aromatic carbocycles. The maximum absolute atomic E-state index is 6.28. The van der Waals surface area contributed by atoms with Crippen molar-refractivity contribution >= 4 is 22.4 Å². The lowest BCUT2D eigenvalue weighted by Gasteiger charge is -2.31. The highest BCUT2D eigenvalue weighted by Crippen LogP contribution is 2.46. The molecule has 1 unspecified atom stereocenters. The highest BCUT2D eigenvalue weighted by Gasteiger charge is 2.47. The lowest BCUT2D eigenvalue weighted by atomic mass is 9.94. The fourth-order valence-electron chi connectivity index (χ4n) is 3.75. The molecule has 0 amide bonds. The van der Waals surface area contributed by atoms with Crippen molar-refractivity contribution in [3.63, 3.8) is 0 Å². The first-order chi connectivity index (χ1) is 11.2. The van der Waals surface area contributed by atoms with Crippen molar-refractivity contribution in [3.05, 3.63) is 36.0 Å². The van der Waals surface area contributed by atoms with Crippen LogP contribution in [0.25, 0.3) is 16.6 Å². The van der Waals surface area contributed by atoms with E-state index in [0.29, 0.717) is 11.6 Å². The second-order valence-electron chi connectivity index (χ2n) is 6.42. The molecule has 6 heteroatoms. The summed E-state index contributed by atoms with van der Waals surface area (Å²) in [6.45, 7) is 0. The van der Waals surface area contributed by atoms with Gasteiger partial charge in [-0.05, 0) is 31.1 Å². The summed E-state index contributed by atoms with van der Waals surface area (Å²) < 4.78 is 12.5. The van der Waals surface area contributed by atoms with Crippen LogP contribution in [0.2, 0.25) is 0 Å². The Morgan fingerprint density at radius 1 is 1.22 bits per heavy atom. The molecule has 0 radical (unpaired) electrons. The lowest BCUT2D eigenvalue weighted by molar-refractivity contribution is -0.177. The van der Waals surface area contributed by atoms with E-state index >= 15 is 0 Å². The average molecular weight is 310 g/mol. The van der Waals surface area contributed by atoms with E-state index < -0.39 is 5.79 Å². The number of fused-ring (bicyclic) bond motifs is 2. The van der Waals surface area contributed by atoms with Crippen molar-refractivity contribution in [1.29, 1.82) is 0 Å². The molecule has 2 aromatic rings. The van der Waals surface area contributed by atoms with Gasteiger partial charge in [-0.15, -0.1) is 0 Å². The SMILES string of the molecule is Nc1nc(C2=C3OC4(CCCCC4)OC3C=C2)nc2[nH]ccc12. The minimum Gasteiger partial charge on any atom is -0.463 e. The van der Waals surface area contributed by atoms with E-state index in [1.54, 1.807) is 0 Å². The Labute approximate surface area is 133 Å². The number of nitrogens with zero attached hydrogens (tertiary/aromatic N) is 2. The Morgan fingerprint density at radius 3 is 2.96 bits per heavy atom. The largest absolute Gasteiger partial charge is 0.463 e. The Kier molecular flexibility index (Phi) is 2.61. The monoisotopic (exact) mass is 310 g/mol. The van der Waals surface area contributed by atoms with Crippen LogP contribution in [-0.2, 0) is 9.47 Å². The second-order valence-corrected chi connectivity index (χ2v) is 6.42. The van der Waals surface area contributed by atoms with Gasteiger partial charge in [0, 0.05) is 19.0 Å². The highest BCUT2D eigenvalue weighted by atomic mass is 16.7. The van der Waals surface area contributed by atoms with Gasteiger partial charge in [0.15, 0.2) is 5.82 Å². The Morgan fingerprint density at radius 2 is 2.09 bits per heavy atom. The van der Waals surface area contributed by atoms with Crippen molar-refractivity contribution in [2.24, 2.45) is 0 Å². The maximum atomic E-state index is 6.28. The summed E-state index contributed by atoms with van der Waals surface area (Å²) in [4.78, 5) is 12.1. The predicted molar refractivity (Wildman–Crippen MR) is 86.1 cm³/mol. The van der Waals surface area contributed by atoms with Crippen molar-refractivity contribution in [3.8, 4) is 0 Å². The first kappa shape index (κ1) is 13.1. The van der Waals surface area contributed by atoms with Gasteiger partial charge >= 0.3 is 0 Å². The number of aromatic nitrogens is 3. The van der Waals surface area contributed by atoms with Crippen molar-refractivity contribution in [1.82, 2.24) is 15.0 Å². The van der Waals surface area contributed by atoms with Gasteiger partial charge in [-0.2, -0.15) is 0 Å². The molecule has 2 aliphatic carbocycles. The molecule has 1 aliphatic heterocycles. The molecule has 2 fully saturated rings. The van der Waals surface area contributed by atoms with Crippen molar-refractivity contribution < 1.29 is 9.47 Å². The number of hydrogen-bond acceptors (Lipinski definition) is 5. The lowest BCUT2D eigenvalue weighted by Crippen LogP contribution is -2.33. The van der Waals surface area contributed by atoms with E-state index in [4.69, 9.17) is 15.2 Å². The molecular formula is C17H18N4O2. The maximum Gasteiger partial charge on any atom is 0.211 e. The van der Waals surface area contributed by atoms with Gasteiger partial charge in [0.1, 0.15) is 23.3 Å². The van der Waals surface area contributed by atoms with E-state index in [9.17, 15) is 0 Å². The van der Waals surface area contributed by atoms with Crippen LogP contribution in [0.1, 0.15) is 37.9 Å².